The van der Waals surface area contributed by atoms with Crippen LogP contribution in [0.5, 0.6) is 0 Å². The third kappa shape index (κ3) is 3.95. The summed E-state index contributed by atoms with van der Waals surface area (Å²) in [4.78, 5) is 14.9. The fourth-order valence-electron chi connectivity index (χ4n) is 1.99. The van der Waals surface area contributed by atoms with E-state index >= 15 is 0 Å². The fraction of sp³-hybridized carbons (Fsp3) is 0.267. The van der Waals surface area contributed by atoms with Crippen LogP contribution in [0.1, 0.15) is 23.0 Å². The van der Waals surface area contributed by atoms with Gasteiger partial charge in [0.25, 0.3) is 5.91 Å². The van der Waals surface area contributed by atoms with Crippen molar-refractivity contribution in [2.75, 3.05) is 5.75 Å². The topological polar surface area (TPSA) is 79.0 Å². The van der Waals surface area contributed by atoms with E-state index in [4.69, 9.17) is 0 Å². The van der Waals surface area contributed by atoms with Gasteiger partial charge < -0.3 is 10.3 Å². The van der Waals surface area contributed by atoms with Crippen molar-refractivity contribution in [3.05, 3.63) is 53.9 Å². The van der Waals surface area contributed by atoms with Gasteiger partial charge in [0, 0.05) is 12.2 Å². The van der Waals surface area contributed by atoms with Gasteiger partial charge in [0.15, 0.2) is 9.84 Å². The number of hydrogen-bond acceptors (Lipinski definition) is 3. The Balaban J connectivity index is 2.03. The molecule has 0 bridgehead atoms. The Kier molecular flexibility index (Phi) is 4.47. The Hall–Kier alpha value is -2.08. The van der Waals surface area contributed by atoms with Crippen LogP contribution < -0.4 is 5.32 Å². The molecule has 0 aliphatic carbocycles. The van der Waals surface area contributed by atoms with E-state index in [2.05, 4.69) is 10.3 Å². The number of hydrogen-bond donors (Lipinski definition) is 2. The van der Waals surface area contributed by atoms with E-state index in [1.54, 1.807) is 49.5 Å². The molecule has 1 amide bonds. The molecule has 1 aromatic carbocycles. The summed E-state index contributed by atoms with van der Waals surface area (Å²) in [7, 11) is -3.42. The number of aromatic amines is 1. The maximum atomic E-state index is 12.3. The zero-order chi connectivity index (χ0) is 15.5. The number of amides is 1. The van der Waals surface area contributed by atoms with Crippen molar-refractivity contribution in [3.63, 3.8) is 0 Å². The van der Waals surface area contributed by atoms with Crippen molar-refractivity contribution in [1.82, 2.24) is 10.3 Å². The van der Waals surface area contributed by atoms with Crippen molar-refractivity contribution < 1.29 is 13.2 Å². The summed E-state index contributed by atoms with van der Waals surface area (Å²) in [5.74, 6) is -0.450. The first-order valence-corrected chi connectivity index (χ1v) is 8.27. The highest BCUT2D eigenvalue weighted by Gasteiger charge is 2.20. The second kappa shape index (κ2) is 6.13. The van der Waals surface area contributed by atoms with E-state index in [-0.39, 0.29) is 16.6 Å². The lowest BCUT2D eigenvalue weighted by molar-refractivity contribution is 0.0939. The first-order valence-electron chi connectivity index (χ1n) is 6.62. The van der Waals surface area contributed by atoms with E-state index in [0.29, 0.717) is 5.69 Å². The molecule has 2 N–H and O–H groups in total. The summed E-state index contributed by atoms with van der Waals surface area (Å²) in [6, 6.07) is 9.56. The van der Waals surface area contributed by atoms with Crippen LogP contribution in [0, 0.1) is 6.92 Å². The van der Waals surface area contributed by atoms with Gasteiger partial charge in [-0.15, -0.1) is 0 Å². The molecule has 0 saturated heterocycles. The van der Waals surface area contributed by atoms with E-state index in [0.717, 1.165) is 5.56 Å². The second-order valence-corrected chi connectivity index (χ2v) is 7.09. The van der Waals surface area contributed by atoms with Gasteiger partial charge in [0.05, 0.1) is 10.6 Å². The SMILES string of the molecule is Cc1ccc(S(=O)(=O)CC(C)NC(=O)c2ccc[nH]2)cc1. The minimum atomic E-state index is -3.42. The monoisotopic (exact) mass is 306 g/mol. The van der Waals surface area contributed by atoms with E-state index in [1.165, 1.54) is 0 Å². The molecule has 1 atom stereocenters. The lowest BCUT2D eigenvalue weighted by Crippen LogP contribution is -2.37. The number of rotatable bonds is 5. The van der Waals surface area contributed by atoms with Crippen LogP contribution in [-0.4, -0.2) is 31.1 Å². The number of benzene rings is 1. The normalized spacial score (nSPS) is 12.9. The first-order chi connectivity index (χ1) is 9.88. The van der Waals surface area contributed by atoms with Crippen LogP contribution in [0.15, 0.2) is 47.5 Å². The average molecular weight is 306 g/mol. The van der Waals surface area contributed by atoms with Crippen LogP contribution in [0.2, 0.25) is 0 Å². The third-order valence-corrected chi connectivity index (χ3v) is 5.00. The Morgan fingerprint density at radius 2 is 1.90 bits per heavy atom. The van der Waals surface area contributed by atoms with Gasteiger partial charge >= 0.3 is 0 Å². The zero-order valence-corrected chi connectivity index (χ0v) is 12.8. The molecule has 0 aliphatic rings. The van der Waals surface area contributed by atoms with E-state index in [9.17, 15) is 13.2 Å². The fourth-order valence-corrected chi connectivity index (χ4v) is 3.47. The Bertz CT molecular complexity index is 704. The number of nitrogens with one attached hydrogen (secondary N) is 2. The Labute approximate surface area is 124 Å². The number of aryl methyl sites for hydroxylation is 1. The van der Waals surface area contributed by atoms with Gasteiger partial charge in [-0.3, -0.25) is 4.79 Å². The zero-order valence-electron chi connectivity index (χ0n) is 12.0. The van der Waals surface area contributed by atoms with Gasteiger partial charge in [0.1, 0.15) is 5.69 Å². The van der Waals surface area contributed by atoms with Crippen LogP contribution in [0.4, 0.5) is 0 Å². The van der Waals surface area contributed by atoms with Crippen molar-refractivity contribution >= 4 is 15.7 Å². The van der Waals surface area contributed by atoms with E-state index in [1.807, 2.05) is 6.92 Å². The van der Waals surface area contributed by atoms with E-state index < -0.39 is 15.9 Å². The smallest absolute Gasteiger partial charge is 0.267 e. The van der Waals surface area contributed by atoms with Crippen LogP contribution in [0.25, 0.3) is 0 Å². The average Bonchev–Trinajstić information content (AvgIpc) is 2.92. The molecule has 1 unspecified atom stereocenters. The molecule has 0 aliphatic heterocycles. The lowest BCUT2D eigenvalue weighted by Gasteiger charge is -2.14. The van der Waals surface area contributed by atoms with Gasteiger partial charge in [0.2, 0.25) is 0 Å². The summed E-state index contributed by atoms with van der Waals surface area (Å²) >= 11 is 0. The minimum absolute atomic E-state index is 0.136. The highest BCUT2D eigenvalue weighted by molar-refractivity contribution is 7.91. The van der Waals surface area contributed by atoms with Crippen molar-refractivity contribution in [3.8, 4) is 0 Å². The maximum Gasteiger partial charge on any atom is 0.267 e. The van der Waals surface area contributed by atoms with Gasteiger partial charge in [-0.2, -0.15) is 0 Å². The number of aromatic nitrogens is 1. The standard InChI is InChI=1S/C15H18N2O3S/c1-11-5-7-13(8-6-11)21(19,20)10-12(2)17-15(18)14-4-3-9-16-14/h3-9,12,16H,10H2,1-2H3,(H,17,18). The molecule has 2 aromatic rings. The van der Waals surface area contributed by atoms with Crippen LogP contribution in [-0.2, 0) is 9.84 Å². The molecule has 0 fully saturated rings. The molecule has 0 saturated carbocycles. The predicted molar refractivity (Wildman–Crippen MR) is 81.0 cm³/mol. The molecule has 0 spiro atoms. The number of sulfone groups is 1. The first kappa shape index (κ1) is 15.3. The van der Waals surface area contributed by atoms with Gasteiger partial charge in [-0.25, -0.2) is 8.42 Å². The molecule has 1 aromatic heterocycles. The number of carbonyl (C=O) groups excluding carboxylic acids is 1. The summed E-state index contributed by atoms with van der Waals surface area (Å²) in [6.07, 6.45) is 1.64. The Morgan fingerprint density at radius 1 is 1.24 bits per heavy atom. The second-order valence-electron chi connectivity index (χ2n) is 5.05. The highest BCUT2D eigenvalue weighted by atomic mass is 32.2. The predicted octanol–water partition coefficient (Wildman–Crippen LogP) is 1.92. The van der Waals surface area contributed by atoms with Crippen molar-refractivity contribution in [2.24, 2.45) is 0 Å². The summed E-state index contributed by atoms with van der Waals surface area (Å²) in [5.41, 5.74) is 1.41. The third-order valence-electron chi connectivity index (χ3n) is 3.07. The molecular formula is C15H18N2O3S. The summed E-state index contributed by atoms with van der Waals surface area (Å²) in [6.45, 7) is 3.57. The highest BCUT2D eigenvalue weighted by Crippen LogP contribution is 2.13. The molecule has 6 heteroatoms. The van der Waals surface area contributed by atoms with Crippen molar-refractivity contribution in [1.29, 1.82) is 0 Å². The minimum Gasteiger partial charge on any atom is -0.357 e. The number of carbonyl (C=O) groups is 1. The molecule has 0 radical (unpaired) electrons. The molecule has 1 heterocycles. The maximum absolute atomic E-state index is 12.3. The van der Waals surface area contributed by atoms with Crippen LogP contribution in [0.3, 0.4) is 0 Å². The Morgan fingerprint density at radius 3 is 2.48 bits per heavy atom. The number of H-pyrrole nitrogens is 1. The molecule has 112 valence electrons. The van der Waals surface area contributed by atoms with Crippen LogP contribution >= 0.6 is 0 Å². The summed E-state index contributed by atoms with van der Waals surface area (Å²) in [5, 5.41) is 2.67. The lowest BCUT2D eigenvalue weighted by atomic mass is 10.2. The molecule has 21 heavy (non-hydrogen) atoms. The molecule has 5 nitrogen and oxygen atoms in total. The molecular weight excluding hydrogens is 288 g/mol. The van der Waals surface area contributed by atoms with Crippen molar-refractivity contribution in [2.45, 2.75) is 24.8 Å². The van der Waals surface area contributed by atoms with Gasteiger partial charge in [-0.05, 0) is 38.1 Å². The molecule has 2 rings (SSSR count). The van der Waals surface area contributed by atoms with Gasteiger partial charge in [-0.1, -0.05) is 17.7 Å². The summed E-state index contributed by atoms with van der Waals surface area (Å²) < 4.78 is 24.5. The quantitative estimate of drug-likeness (QED) is 0.885. The largest absolute Gasteiger partial charge is 0.357 e.